The predicted octanol–water partition coefficient (Wildman–Crippen LogP) is 2.32. The smallest absolute Gasteiger partial charge is 0.239 e. The van der Waals surface area contributed by atoms with Gasteiger partial charge in [-0.3, -0.25) is 4.79 Å². The summed E-state index contributed by atoms with van der Waals surface area (Å²) in [5, 5.41) is 5.82. The van der Waals surface area contributed by atoms with Crippen LogP contribution >= 0.6 is 0 Å². The number of hydrogen-bond donors (Lipinski definition) is 2. The monoisotopic (exact) mass is 249 g/mol. The molecule has 1 aromatic rings. The van der Waals surface area contributed by atoms with E-state index in [0.717, 1.165) is 18.8 Å². The van der Waals surface area contributed by atoms with Crippen LogP contribution in [-0.4, -0.2) is 24.0 Å². The molecule has 0 aliphatic heterocycles. The normalized spacial score (nSPS) is 11.1. The number of carbonyl (C=O) groups is 1. The zero-order valence-electron chi connectivity index (χ0n) is 11.7. The van der Waals surface area contributed by atoms with Gasteiger partial charge < -0.3 is 10.6 Å². The van der Waals surface area contributed by atoms with Gasteiger partial charge in [0.25, 0.3) is 0 Å². The van der Waals surface area contributed by atoms with Gasteiger partial charge in [0, 0.05) is 12.7 Å². The molecule has 2 N–H and O–H groups in total. The Morgan fingerprint density at radius 2 is 2.06 bits per heavy atom. The van der Waals surface area contributed by atoms with Crippen molar-refractivity contribution >= 4 is 11.7 Å². The molecule has 0 aliphatic rings. The van der Waals surface area contributed by atoms with Crippen molar-refractivity contribution in [1.29, 1.82) is 0 Å². The predicted molar refractivity (Wildman–Crippen MR) is 74.7 cm³/mol. The van der Waals surface area contributed by atoms with Crippen molar-refractivity contribution < 1.29 is 4.79 Å². The second-order valence-corrected chi connectivity index (χ2v) is 5.39. The molecule has 1 rings (SSSR count). The Morgan fingerprint density at radius 1 is 1.33 bits per heavy atom. The van der Waals surface area contributed by atoms with Crippen LogP contribution in [0.2, 0.25) is 0 Å². The molecule has 4 nitrogen and oxygen atoms in total. The second kappa shape index (κ2) is 6.38. The van der Waals surface area contributed by atoms with E-state index in [9.17, 15) is 4.79 Å². The van der Waals surface area contributed by atoms with Gasteiger partial charge in [0.15, 0.2) is 0 Å². The maximum atomic E-state index is 11.4. The molecule has 0 spiro atoms. The van der Waals surface area contributed by atoms with Crippen molar-refractivity contribution in [1.82, 2.24) is 10.3 Å². The molecule has 0 saturated carbocycles. The molecule has 0 atom stereocenters. The lowest BCUT2D eigenvalue weighted by molar-refractivity contribution is -0.119. The molecule has 0 unspecified atom stereocenters. The van der Waals surface area contributed by atoms with Crippen molar-refractivity contribution in [2.75, 3.05) is 18.4 Å². The molecule has 100 valence electrons. The molecule has 0 aromatic carbocycles. The van der Waals surface area contributed by atoms with E-state index in [-0.39, 0.29) is 17.9 Å². The van der Waals surface area contributed by atoms with Gasteiger partial charge in [-0.05, 0) is 23.5 Å². The second-order valence-electron chi connectivity index (χ2n) is 5.39. The highest BCUT2D eigenvalue weighted by Gasteiger charge is 2.13. The van der Waals surface area contributed by atoms with Gasteiger partial charge >= 0.3 is 0 Å². The molecule has 1 heterocycles. The maximum Gasteiger partial charge on any atom is 0.239 e. The fraction of sp³-hybridized carbons (Fsp3) is 0.571. The summed E-state index contributed by atoms with van der Waals surface area (Å²) in [6, 6.07) is 3.95. The number of aromatic nitrogens is 1. The lowest BCUT2D eigenvalue weighted by atomic mass is 9.88. The van der Waals surface area contributed by atoms with Crippen molar-refractivity contribution in [2.24, 2.45) is 0 Å². The summed E-state index contributed by atoms with van der Waals surface area (Å²) < 4.78 is 0. The molecule has 0 radical (unpaired) electrons. The number of amides is 1. The van der Waals surface area contributed by atoms with E-state index < -0.39 is 0 Å². The Balaban J connectivity index is 2.47. The van der Waals surface area contributed by atoms with Gasteiger partial charge in [-0.2, -0.15) is 0 Å². The number of anilines is 1. The fourth-order valence-corrected chi connectivity index (χ4v) is 1.44. The SMILES string of the molecule is CCCNC(=O)CNc1ccc(C(C)(C)C)cn1. The van der Waals surface area contributed by atoms with Crippen molar-refractivity contribution in [3.05, 3.63) is 23.9 Å². The van der Waals surface area contributed by atoms with E-state index in [2.05, 4.69) is 36.4 Å². The minimum Gasteiger partial charge on any atom is -0.361 e. The van der Waals surface area contributed by atoms with E-state index in [1.807, 2.05) is 25.3 Å². The minimum absolute atomic E-state index is 0.00134. The molecule has 1 amide bonds. The number of carbonyl (C=O) groups excluding carboxylic acids is 1. The lowest BCUT2D eigenvalue weighted by Crippen LogP contribution is -2.30. The van der Waals surface area contributed by atoms with Crippen LogP contribution in [0.4, 0.5) is 5.82 Å². The molecule has 0 aliphatic carbocycles. The van der Waals surface area contributed by atoms with E-state index in [0.29, 0.717) is 0 Å². The van der Waals surface area contributed by atoms with Gasteiger partial charge in [-0.15, -0.1) is 0 Å². The van der Waals surface area contributed by atoms with Gasteiger partial charge in [0.2, 0.25) is 5.91 Å². The lowest BCUT2D eigenvalue weighted by Gasteiger charge is -2.18. The number of nitrogens with one attached hydrogen (secondary N) is 2. The van der Waals surface area contributed by atoms with Crippen LogP contribution in [0.1, 0.15) is 39.7 Å². The summed E-state index contributed by atoms with van der Waals surface area (Å²) in [6.07, 6.45) is 2.80. The zero-order valence-corrected chi connectivity index (χ0v) is 11.7. The van der Waals surface area contributed by atoms with E-state index >= 15 is 0 Å². The van der Waals surface area contributed by atoms with Gasteiger partial charge in [-0.1, -0.05) is 33.8 Å². The molecule has 18 heavy (non-hydrogen) atoms. The minimum atomic E-state index is -0.00134. The topological polar surface area (TPSA) is 54.0 Å². The van der Waals surface area contributed by atoms with Gasteiger partial charge in [0.05, 0.1) is 6.54 Å². The van der Waals surface area contributed by atoms with E-state index in [1.165, 1.54) is 5.56 Å². The molecule has 0 fully saturated rings. The van der Waals surface area contributed by atoms with Gasteiger partial charge in [-0.25, -0.2) is 4.98 Å². The van der Waals surface area contributed by atoms with Crippen LogP contribution in [0.15, 0.2) is 18.3 Å². The molecule has 1 aromatic heterocycles. The molecular weight excluding hydrogens is 226 g/mol. The number of hydrogen-bond acceptors (Lipinski definition) is 3. The maximum absolute atomic E-state index is 11.4. The standard InChI is InChI=1S/C14H23N3O/c1-5-8-15-13(18)10-17-12-7-6-11(9-16-12)14(2,3)4/h6-7,9H,5,8,10H2,1-4H3,(H,15,18)(H,16,17). The summed E-state index contributed by atoms with van der Waals surface area (Å²) in [6.45, 7) is 9.46. The third kappa shape index (κ3) is 4.73. The quantitative estimate of drug-likeness (QED) is 0.842. The summed E-state index contributed by atoms with van der Waals surface area (Å²) in [5.74, 6) is 0.730. The number of pyridine rings is 1. The first-order valence-corrected chi connectivity index (χ1v) is 6.40. The largest absolute Gasteiger partial charge is 0.361 e. The Kier molecular flexibility index (Phi) is 5.13. The first kappa shape index (κ1) is 14.5. The summed E-state index contributed by atoms with van der Waals surface area (Å²) in [5.41, 5.74) is 1.29. The van der Waals surface area contributed by atoms with Crippen molar-refractivity contribution in [2.45, 2.75) is 39.5 Å². The highest BCUT2D eigenvalue weighted by atomic mass is 16.1. The summed E-state index contributed by atoms with van der Waals surface area (Å²) in [7, 11) is 0. The first-order valence-electron chi connectivity index (χ1n) is 6.40. The van der Waals surface area contributed by atoms with Crippen LogP contribution in [-0.2, 0) is 10.2 Å². The average Bonchev–Trinajstić information content (AvgIpc) is 2.33. The summed E-state index contributed by atoms with van der Waals surface area (Å²) >= 11 is 0. The Bertz CT molecular complexity index is 379. The molecular formula is C14H23N3O. The average molecular weight is 249 g/mol. The van der Waals surface area contributed by atoms with Crippen molar-refractivity contribution in [3.63, 3.8) is 0 Å². The van der Waals surface area contributed by atoms with Crippen LogP contribution in [0.25, 0.3) is 0 Å². The van der Waals surface area contributed by atoms with Crippen LogP contribution in [0.5, 0.6) is 0 Å². The third-order valence-corrected chi connectivity index (χ3v) is 2.63. The Hall–Kier alpha value is -1.58. The third-order valence-electron chi connectivity index (χ3n) is 2.63. The summed E-state index contributed by atoms with van der Waals surface area (Å²) in [4.78, 5) is 15.7. The fourth-order valence-electron chi connectivity index (χ4n) is 1.44. The molecule has 0 saturated heterocycles. The van der Waals surface area contributed by atoms with Crippen LogP contribution in [0.3, 0.4) is 0 Å². The van der Waals surface area contributed by atoms with Crippen molar-refractivity contribution in [3.8, 4) is 0 Å². The highest BCUT2D eigenvalue weighted by Crippen LogP contribution is 2.21. The van der Waals surface area contributed by atoms with Gasteiger partial charge in [0.1, 0.15) is 5.82 Å². The first-order chi connectivity index (χ1) is 8.43. The van der Waals surface area contributed by atoms with Crippen LogP contribution in [0, 0.1) is 0 Å². The molecule has 4 heteroatoms. The van der Waals surface area contributed by atoms with E-state index in [1.54, 1.807) is 0 Å². The van der Waals surface area contributed by atoms with E-state index in [4.69, 9.17) is 0 Å². The highest BCUT2D eigenvalue weighted by molar-refractivity contribution is 5.80. The Morgan fingerprint density at radius 3 is 2.56 bits per heavy atom. The number of rotatable bonds is 5. The molecule has 0 bridgehead atoms. The Labute approximate surface area is 109 Å². The number of nitrogens with zero attached hydrogens (tertiary/aromatic N) is 1. The zero-order chi connectivity index (χ0) is 13.6. The van der Waals surface area contributed by atoms with Crippen LogP contribution < -0.4 is 10.6 Å².